The molecule has 3 N–H and O–H groups in total. The summed E-state index contributed by atoms with van der Waals surface area (Å²) in [6.07, 6.45) is 5.11. The first-order valence-corrected chi connectivity index (χ1v) is 3.76. The van der Waals surface area contributed by atoms with Crippen molar-refractivity contribution in [2.75, 3.05) is 0 Å². The summed E-state index contributed by atoms with van der Waals surface area (Å²) in [7, 11) is 0. The number of benzene rings is 1. The van der Waals surface area contributed by atoms with E-state index >= 15 is 0 Å². The van der Waals surface area contributed by atoms with Crippen LogP contribution >= 0.6 is 0 Å². The van der Waals surface area contributed by atoms with E-state index < -0.39 is 0 Å². The normalized spacial score (nSPS) is 6.77. The average molecular weight is 175 g/mol. The van der Waals surface area contributed by atoms with Crippen molar-refractivity contribution in [1.82, 2.24) is 6.15 Å². The molecule has 1 aromatic rings. The molecule has 0 fully saturated rings. The van der Waals surface area contributed by atoms with Crippen molar-refractivity contribution in [3.05, 3.63) is 67.8 Å². The summed E-state index contributed by atoms with van der Waals surface area (Å²) in [6.45, 7) is 10.4. The molecule has 0 radical (unpaired) electrons. The summed E-state index contributed by atoms with van der Waals surface area (Å²) >= 11 is 0. The Balaban J connectivity index is 0. The Hall–Kier alpha value is -1.60. The van der Waals surface area contributed by atoms with Crippen molar-refractivity contribution in [3.63, 3.8) is 0 Å². The first kappa shape index (κ1) is 14.0. The zero-order chi connectivity index (χ0) is 9.23. The highest BCUT2D eigenvalue weighted by Gasteiger charge is 1.75. The van der Waals surface area contributed by atoms with Crippen molar-refractivity contribution in [2.24, 2.45) is 0 Å². The second-order valence-electron chi connectivity index (χ2n) is 2.09. The Bertz CT molecular complexity index is 231. The van der Waals surface area contributed by atoms with Crippen molar-refractivity contribution in [1.29, 1.82) is 0 Å². The monoisotopic (exact) mass is 175 g/mol. The third-order valence-electron chi connectivity index (χ3n) is 1.20. The molecule has 70 valence electrons. The number of allylic oxidation sites excluding steroid dienone is 2. The number of hydrogen-bond donors (Lipinski definition) is 1. The Morgan fingerprint density at radius 3 is 1.54 bits per heavy atom. The largest absolute Gasteiger partial charge is 0.344 e. The predicted molar refractivity (Wildman–Crippen MR) is 61.9 cm³/mol. The lowest BCUT2D eigenvalue weighted by Crippen LogP contribution is -1.63. The highest BCUT2D eigenvalue weighted by Crippen LogP contribution is 1.97. The van der Waals surface area contributed by atoms with Gasteiger partial charge in [-0.25, -0.2) is 0 Å². The molecule has 0 unspecified atom stereocenters. The highest BCUT2D eigenvalue weighted by molar-refractivity contribution is 5.45. The summed E-state index contributed by atoms with van der Waals surface area (Å²) in [5.74, 6) is 0. The maximum absolute atomic E-state index is 3.63. The van der Waals surface area contributed by atoms with E-state index in [1.165, 1.54) is 5.56 Å². The Morgan fingerprint density at radius 1 is 0.846 bits per heavy atom. The van der Waals surface area contributed by atoms with Gasteiger partial charge < -0.3 is 6.15 Å². The van der Waals surface area contributed by atoms with Crippen LogP contribution in [0, 0.1) is 0 Å². The standard InChI is InChI=1S/C8H8.C4H6.H3N/c1-2-8-6-4-3-5-7-8;1-3-4-2;/h2-7H,1H2;3-4H,1-2H2;1H3. The van der Waals surface area contributed by atoms with Crippen molar-refractivity contribution in [3.8, 4) is 0 Å². The molecule has 0 saturated heterocycles. The van der Waals surface area contributed by atoms with E-state index in [1.54, 1.807) is 12.2 Å². The third kappa shape index (κ3) is 8.30. The molecule has 0 bridgehead atoms. The van der Waals surface area contributed by atoms with Crippen molar-refractivity contribution in [2.45, 2.75) is 0 Å². The Morgan fingerprint density at radius 2 is 1.31 bits per heavy atom. The molecule has 1 aromatic carbocycles. The Kier molecular flexibility index (Phi) is 11.2. The summed E-state index contributed by atoms with van der Waals surface area (Å²) in [5, 5.41) is 0. The summed E-state index contributed by atoms with van der Waals surface area (Å²) in [6, 6.07) is 10.0. The molecule has 0 aliphatic rings. The van der Waals surface area contributed by atoms with E-state index in [9.17, 15) is 0 Å². The van der Waals surface area contributed by atoms with Gasteiger partial charge in [-0.1, -0.05) is 68.3 Å². The van der Waals surface area contributed by atoms with Crippen LogP contribution in [0.25, 0.3) is 6.08 Å². The van der Waals surface area contributed by atoms with Crippen LogP contribution in [0.2, 0.25) is 0 Å². The van der Waals surface area contributed by atoms with Gasteiger partial charge >= 0.3 is 0 Å². The predicted octanol–water partition coefficient (Wildman–Crippen LogP) is 3.85. The Labute approximate surface area is 80.7 Å². The van der Waals surface area contributed by atoms with E-state index in [0.29, 0.717) is 0 Å². The van der Waals surface area contributed by atoms with E-state index in [1.807, 2.05) is 36.4 Å². The lowest BCUT2D eigenvalue weighted by Gasteiger charge is -1.85. The lowest BCUT2D eigenvalue weighted by atomic mass is 10.2. The minimum absolute atomic E-state index is 0. The van der Waals surface area contributed by atoms with Gasteiger partial charge in [0.2, 0.25) is 0 Å². The highest BCUT2D eigenvalue weighted by atomic mass is 14.0. The average Bonchev–Trinajstić information content (AvgIpc) is 2.19. The molecule has 0 atom stereocenters. The minimum atomic E-state index is 0. The third-order valence-corrected chi connectivity index (χ3v) is 1.20. The molecular formula is C12H17N. The summed E-state index contributed by atoms with van der Waals surface area (Å²) < 4.78 is 0. The second kappa shape index (κ2) is 10.4. The van der Waals surface area contributed by atoms with E-state index in [2.05, 4.69) is 19.7 Å². The zero-order valence-corrected chi connectivity index (χ0v) is 7.95. The molecule has 0 aliphatic carbocycles. The zero-order valence-electron chi connectivity index (χ0n) is 7.95. The van der Waals surface area contributed by atoms with Gasteiger partial charge in [0.15, 0.2) is 0 Å². The molecule has 0 spiro atoms. The van der Waals surface area contributed by atoms with Crippen LogP contribution in [0.1, 0.15) is 5.56 Å². The van der Waals surface area contributed by atoms with Crippen LogP contribution in [0.3, 0.4) is 0 Å². The SMILES string of the molecule is C=CC=C.C=Cc1ccccc1.N. The van der Waals surface area contributed by atoms with Crippen LogP contribution in [-0.4, -0.2) is 0 Å². The maximum atomic E-state index is 3.63. The van der Waals surface area contributed by atoms with Crippen LogP contribution in [0.15, 0.2) is 62.2 Å². The van der Waals surface area contributed by atoms with Gasteiger partial charge in [-0.05, 0) is 5.56 Å². The van der Waals surface area contributed by atoms with Crippen molar-refractivity contribution < 1.29 is 0 Å². The lowest BCUT2D eigenvalue weighted by molar-refractivity contribution is 1.67. The van der Waals surface area contributed by atoms with Crippen LogP contribution in [-0.2, 0) is 0 Å². The fourth-order valence-electron chi connectivity index (χ4n) is 0.589. The van der Waals surface area contributed by atoms with Gasteiger partial charge in [0.25, 0.3) is 0 Å². The van der Waals surface area contributed by atoms with Gasteiger partial charge in [-0.3, -0.25) is 0 Å². The van der Waals surface area contributed by atoms with E-state index in [0.717, 1.165) is 0 Å². The molecule has 0 aromatic heterocycles. The van der Waals surface area contributed by atoms with E-state index in [-0.39, 0.29) is 6.15 Å². The van der Waals surface area contributed by atoms with Gasteiger partial charge in [-0.15, -0.1) is 0 Å². The van der Waals surface area contributed by atoms with Gasteiger partial charge in [-0.2, -0.15) is 0 Å². The molecule has 0 heterocycles. The fourth-order valence-corrected chi connectivity index (χ4v) is 0.589. The smallest absolute Gasteiger partial charge is 0.0263 e. The van der Waals surface area contributed by atoms with Gasteiger partial charge in [0.05, 0.1) is 0 Å². The maximum Gasteiger partial charge on any atom is -0.0263 e. The molecule has 0 aliphatic heterocycles. The fraction of sp³-hybridized carbons (Fsp3) is 0. The second-order valence-corrected chi connectivity index (χ2v) is 2.09. The minimum Gasteiger partial charge on any atom is -0.344 e. The van der Waals surface area contributed by atoms with E-state index in [4.69, 9.17) is 0 Å². The molecule has 13 heavy (non-hydrogen) atoms. The first-order valence-electron chi connectivity index (χ1n) is 3.76. The number of hydrogen-bond acceptors (Lipinski definition) is 1. The quantitative estimate of drug-likeness (QED) is 0.681. The molecule has 1 rings (SSSR count). The molecule has 0 amide bonds. The number of rotatable bonds is 2. The molecule has 1 nitrogen and oxygen atoms in total. The first-order chi connectivity index (χ1) is 5.85. The van der Waals surface area contributed by atoms with Crippen molar-refractivity contribution >= 4 is 6.08 Å². The van der Waals surface area contributed by atoms with Crippen LogP contribution < -0.4 is 6.15 Å². The topological polar surface area (TPSA) is 35.0 Å². The molecular weight excluding hydrogens is 158 g/mol. The summed E-state index contributed by atoms with van der Waals surface area (Å²) in [4.78, 5) is 0. The van der Waals surface area contributed by atoms with Gasteiger partial charge in [0.1, 0.15) is 0 Å². The van der Waals surface area contributed by atoms with Gasteiger partial charge in [0, 0.05) is 0 Å². The molecule has 0 saturated carbocycles. The van der Waals surface area contributed by atoms with Crippen LogP contribution in [0.4, 0.5) is 0 Å². The molecule has 1 heteroatoms. The van der Waals surface area contributed by atoms with Crippen LogP contribution in [0.5, 0.6) is 0 Å². The summed E-state index contributed by atoms with van der Waals surface area (Å²) in [5.41, 5.74) is 1.17.